The van der Waals surface area contributed by atoms with E-state index in [4.69, 9.17) is 20.4 Å². The summed E-state index contributed by atoms with van der Waals surface area (Å²) in [4.78, 5) is 25.7. The van der Waals surface area contributed by atoms with Crippen LogP contribution in [0, 0.1) is 104 Å². The van der Waals surface area contributed by atoms with Gasteiger partial charge in [0, 0.05) is 11.8 Å². The molecule has 3 N–H and O–H groups in total. The molecule has 384 valence electrons. The Morgan fingerprint density at radius 2 is 1.10 bits per heavy atom. The molecule has 0 amide bonds. The van der Waals surface area contributed by atoms with Crippen LogP contribution in [0.1, 0.15) is 162 Å². The summed E-state index contributed by atoms with van der Waals surface area (Å²) < 4.78 is 64.8. The number of halogens is 5. The second-order valence-electron chi connectivity index (χ2n) is 23.8. The lowest BCUT2D eigenvalue weighted by molar-refractivity contribution is -0.166. The number of ketones is 2. The van der Waals surface area contributed by atoms with Gasteiger partial charge < -0.3 is 20.1 Å². The fraction of sp³-hybridized carbons (Fsp3) is 0.719. The van der Waals surface area contributed by atoms with Gasteiger partial charge in [0.15, 0.2) is 28.9 Å². The molecule has 0 radical (unpaired) electrons. The van der Waals surface area contributed by atoms with E-state index in [0.29, 0.717) is 67.4 Å². The summed E-state index contributed by atoms with van der Waals surface area (Å²) >= 11 is 3.37. The molecule has 0 aliphatic heterocycles. The number of nitriles is 2. The highest BCUT2D eigenvalue weighted by atomic mass is 79.9. The number of ether oxygens (including phenoxy) is 1. The number of carbonyl (C=O) groups excluding carboxylic acids is 2. The number of hydrogen-bond acceptors (Lipinski definition) is 8. The summed E-state index contributed by atoms with van der Waals surface area (Å²) in [5.74, 6) is 0.214. The molecule has 0 spiro atoms. The Kier molecular flexibility index (Phi) is 15.8. The van der Waals surface area contributed by atoms with Gasteiger partial charge in [-0.25, -0.2) is 17.6 Å². The van der Waals surface area contributed by atoms with Gasteiger partial charge in [-0.2, -0.15) is 10.5 Å². The van der Waals surface area contributed by atoms with E-state index in [1.807, 2.05) is 19.9 Å². The number of carbonyl (C=O) groups is 2. The third-order valence-corrected chi connectivity index (χ3v) is 20.6. The maximum absolute atomic E-state index is 16.5. The molecule has 0 bridgehead atoms. The monoisotopic (exact) mass is 1040 g/mol. The highest BCUT2D eigenvalue weighted by molar-refractivity contribution is 9.09. The minimum Gasteiger partial charge on any atom is -0.505 e. The van der Waals surface area contributed by atoms with Crippen molar-refractivity contribution in [1.82, 2.24) is 0 Å². The minimum absolute atomic E-state index is 0. The summed E-state index contributed by atoms with van der Waals surface area (Å²) in [6, 6.07) is 11.1. The topological polar surface area (TPSA) is 152 Å². The van der Waals surface area contributed by atoms with Crippen LogP contribution in [0.2, 0.25) is 0 Å². The molecule has 0 aromatic heterocycles. The van der Waals surface area contributed by atoms with Crippen molar-refractivity contribution < 1.29 is 47.2 Å². The van der Waals surface area contributed by atoms with Crippen molar-refractivity contribution in [2.45, 2.75) is 173 Å². The van der Waals surface area contributed by atoms with Crippen molar-refractivity contribution in [2.24, 2.45) is 70.0 Å². The van der Waals surface area contributed by atoms with Gasteiger partial charge in [0.2, 0.25) is 0 Å². The summed E-state index contributed by atoms with van der Waals surface area (Å²) in [7, 11) is 0. The maximum Gasteiger partial charge on any atom is 0.173 e. The van der Waals surface area contributed by atoms with Crippen LogP contribution in [0.25, 0.3) is 0 Å². The van der Waals surface area contributed by atoms with E-state index in [-0.39, 0.29) is 88.9 Å². The number of aromatic hydroxyl groups is 1. The highest BCUT2D eigenvalue weighted by Crippen LogP contribution is 2.68. The lowest BCUT2D eigenvalue weighted by Gasteiger charge is -2.59. The first-order valence-corrected chi connectivity index (χ1v) is 26.8. The largest absolute Gasteiger partial charge is 0.505 e. The Balaban J connectivity index is 0.000000175. The van der Waals surface area contributed by atoms with Gasteiger partial charge in [0.25, 0.3) is 0 Å². The second-order valence-corrected chi connectivity index (χ2v) is 24.4. The van der Waals surface area contributed by atoms with Crippen LogP contribution >= 0.6 is 15.9 Å². The Labute approximate surface area is 421 Å². The molecule has 8 aliphatic carbocycles. The first-order valence-electron chi connectivity index (χ1n) is 25.7. The van der Waals surface area contributed by atoms with Crippen molar-refractivity contribution in [3.63, 3.8) is 0 Å². The Bertz CT molecular complexity index is 2350. The average Bonchev–Trinajstić information content (AvgIpc) is 3.87. The van der Waals surface area contributed by atoms with E-state index in [0.717, 1.165) is 95.2 Å². The van der Waals surface area contributed by atoms with Gasteiger partial charge in [-0.1, -0.05) is 37.2 Å². The maximum atomic E-state index is 16.5. The lowest BCUT2D eigenvalue weighted by atomic mass is 9.48. The first-order chi connectivity index (χ1) is 32.5. The molecule has 0 saturated heterocycles. The fourth-order valence-corrected chi connectivity index (χ4v) is 17.0. The van der Waals surface area contributed by atoms with Gasteiger partial charge in [0.1, 0.15) is 23.7 Å². The molecule has 16 atom stereocenters. The molecule has 2 aromatic carbocycles. The van der Waals surface area contributed by atoms with Crippen molar-refractivity contribution in [3.8, 4) is 23.6 Å². The van der Waals surface area contributed by atoms with E-state index in [1.165, 1.54) is 18.2 Å². The normalized spacial score (nSPS) is 42.0. The van der Waals surface area contributed by atoms with Gasteiger partial charge in [0.05, 0.1) is 39.8 Å². The van der Waals surface area contributed by atoms with E-state index < -0.39 is 39.9 Å². The fourth-order valence-electron chi connectivity index (χ4n) is 16.6. The van der Waals surface area contributed by atoms with Crippen LogP contribution in [-0.4, -0.2) is 61.4 Å². The Morgan fingerprint density at radius 1 is 0.643 bits per heavy atom. The number of phenols is 1. The zero-order valence-corrected chi connectivity index (χ0v) is 42.3. The summed E-state index contributed by atoms with van der Waals surface area (Å²) in [5, 5.41) is 47.2. The molecule has 0 unspecified atom stereocenters. The van der Waals surface area contributed by atoms with Gasteiger partial charge in [-0.15, -0.1) is 0 Å². The third-order valence-electron chi connectivity index (χ3n) is 20.0. The van der Waals surface area contributed by atoms with E-state index in [9.17, 15) is 28.6 Å². The van der Waals surface area contributed by atoms with Gasteiger partial charge in [-0.05, 0) is 224 Å². The van der Waals surface area contributed by atoms with Crippen LogP contribution in [0.3, 0.4) is 0 Å². The quantitative estimate of drug-likeness (QED) is 0.191. The SMILES string of the molecule is C.C[C@@]1(O)CC[C@@]2(F)[C@H](CC[C@H]3[C@@H]4CC[C@H](C(=O)CBr)[C@@]4(C)CC[C@@H]32)C1.C[C@@]1(O)CC[C@@]2(F)[C@H](CC[C@H]3[C@@H]4CC[C@H](C(=O)COc5ccc(C#N)cc5F)[C@@]4(C)CC[C@@H]32)C1.N#Cc1ccc(O)c(F)c1. The smallest absolute Gasteiger partial charge is 0.173 e. The molecule has 8 aliphatic rings. The number of alkyl halides is 3. The summed E-state index contributed by atoms with van der Waals surface area (Å²) in [6.07, 6.45) is 14.4. The summed E-state index contributed by atoms with van der Waals surface area (Å²) in [6.45, 7) is 8.05. The van der Waals surface area contributed by atoms with Crippen LogP contribution in [0.15, 0.2) is 36.4 Å². The molecule has 70 heavy (non-hydrogen) atoms. The van der Waals surface area contributed by atoms with E-state index in [2.05, 4.69) is 29.8 Å². The molecular formula is C57H75BrF4N2O6. The van der Waals surface area contributed by atoms with Crippen molar-refractivity contribution >= 4 is 27.5 Å². The molecular weight excluding hydrogens is 965 g/mol. The van der Waals surface area contributed by atoms with Crippen LogP contribution in [-0.2, 0) is 9.59 Å². The van der Waals surface area contributed by atoms with Crippen LogP contribution in [0.4, 0.5) is 17.6 Å². The van der Waals surface area contributed by atoms with Gasteiger partial charge in [-0.3, -0.25) is 9.59 Å². The Hall–Kier alpha value is -3.52. The Morgan fingerprint density at radius 3 is 1.54 bits per heavy atom. The molecule has 13 heteroatoms. The van der Waals surface area contributed by atoms with E-state index >= 15 is 8.78 Å². The zero-order chi connectivity index (χ0) is 49.9. The predicted octanol–water partition coefficient (Wildman–Crippen LogP) is 12.9. The molecule has 8 fully saturated rings. The minimum atomic E-state index is -1.19. The number of aliphatic hydroxyl groups is 2. The average molecular weight is 1040 g/mol. The first kappa shape index (κ1) is 54.3. The summed E-state index contributed by atoms with van der Waals surface area (Å²) in [5.41, 5.74) is -3.39. The van der Waals surface area contributed by atoms with Crippen LogP contribution < -0.4 is 4.74 Å². The second kappa shape index (κ2) is 20.4. The number of benzene rings is 2. The van der Waals surface area contributed by atoms with Gasteiger partial charge >= 0.3 is 0 Å². The number of Topliss-reactive ketones (excluding diaryl/α,β-unsaturated/α-hetero) is 2. The lowest BCUT2D eigenvalue weighted by Crippen LogP contribution is -2.58. The number of fused-ring (bicyclic) bond motifs is 10. The zero-order valence-electron chi connectivity index (χ0n) is 40.7. The predicted molar refractivity (Wildman–Crippen MR) is 263 cm³/mol. The number of hydrogen-bond donors (Lipinski definition) is 3. The standard InChI is InChI=1S/C28H35F2NO3.C21H32BrFO2.C7H4FNO.CH4/c1-26(33)11-12-28(30)18(14-26)4-5-19-20-6-7-22(27(20,2)10-9-21(19)28)24(32)16-34-25-8-3-17(15-31)13-23(25)29;1-19(25)9-10-21(23)13(11-19)3-4-14-15-5-6-17(18(24)12-22)20(15,2)8-7-16(14)21;8-6-3-5(4-9)1-2-7(6)10;/h3,8,13,18-22,33H,4-7,9-12,14,16H2,1-2H3;13-17,25H,3-12H2,1-2H3;1-3,10H;1H4/t18-,19+,20+,21+,22-,26-,27+,28-;13-,14+,15+,16+,17-,19-,20+,21-;;/m11../s1. The highest BCUT2D eigenvalue weighted by Gasteiger charge is 2.65. The van der Waals surface area contributed by atoms with E-state index in [1.54, 1.807) is 6.07 Å². The molecule has 2 aromatic rings. The number of phenolic OH excluding ortho intramolecular Hbond substituents is 1. The van der Waals surface area contributed by atoms with Crippen LogP contribution in [0.5, 0.6) is 11.5 Å². The van der Waals surface area contributed by atoms with Crippen molar-refractivity contribution in [3.05, 3.63) is 59.2 Å². The number of rotatable bonds is 6. The third kappa shape index (κ3) is 9.96. The van der Waals surface area contributed by atoms with Crippen molar-refractivity contribution in [1.29, 1.82) is 10.5 Å². The number of nitrogens with zero attached hydrogens (tertiary/aromatic N) is 2. The molecule has 0 heterocycles. The molecule has 10 rings (SSSR count). The molecule has 8 saturated carbocycles. The molecule has 8 nitrogen and oxygen atoms in total. The van der Waals surface area contributed by atoms with Crippen molar-refractivity contribution in [2.75, 3.05) is 11.9 Å².